The fraction of sp³-hybridized carbons (Fsp3) is 0.704. The van der Waals surface area contributed by atoms with E-state index in [0.29, 0.717) is 44.8 Å². The molecule has 11 nitrogen and oxygen atoms in total. The van der Waals surface area contributed by atoms with Gasteiger partial charge in [-0.3, -0.25) is 9.59 Å². The summed E-state index contributed by atoms with van der Waals surface area (Å²) in [5, 5.41) is 2.69. The maximum Gasteiger partial charge on any atom is 0.329 e. The summed E-state index contributed by atoms with van der Waals surface area (Å²) in [5.74, 6) is -1.55. The van der Waals surface area contributed by atoms with Crippen LogP contribution in [-0.4, -0.2) is 80.7 Å². The number of hydrogen-bond donors (Lipinski definition) is 1. The molecule has 0 aromatic carbocycles. The van der Waals surface area contributed by atoms with Gasteiger partial charge in [-0.15, -0.1) is 0 Å². The fourth-order valence-electron chi connectivity index (χ4n) is 4.02. The average Bonchev–Trinajstić information content (AvgIpc) is 2.91. The van der Waals surface area contributed by atoms with Crippen LogP contribution in [0.25, 0.3) is 0 Å². The molecule has 0 bridgehead atoms. The minimum Gasteiger partial charge on any atom is -0.493 e. The normalized spacial score (nSPS) is 23.0. The molecular formula is C27H42N2O9. The summed E-state index contributed by atoms with van der Waals surface area (Å²) in [6, 6.07) is 0.525. The number of carbonyl (C=O) groups excluding carboxylic acids is 3. The van der Waals surface area contributed by atoms with Crippen molar-refractivity contribution >= 4 is 17.8 Å². The highest BCUT2D eigenvalue weighted by Crippen LogP contribution is 2.30. The van der Waals surface area contributed by atoms with E-state index in [2.05, 4.69) is 24.1 Å². The third-order valence-corrected chi connectivity index (χ3v) is 6.13. The second-order valence-corrected chi connectivity index (χ2v) is 9.82. The topological polar surface area (TPSA) is 132 Å². The number of pyridine rings is 1. The van der Waals surface area contributed by atoms with Crippen LogP contribution in [0.5, 0.6) is 11.5 Å². The van der Waals surface area contributed by atoms with Crippen LogP contribution in [0.1, 0.15) is 70.8 Å². The van der Waals surface area contributed by atoms with Gasteiger partial charge in [0, 0.05) is 39.5 Å². The Labute approximate surface area is 224 Å². The summed E-state index contributed by atoms with van der Waals surface area (Å²) in [6.45, 7) is 10.0. The number of hydrogen-bond acceptors (Lipinski definition) is 10. The van der Waals surface area contributed by atoms with Crippen LogP contribution >= 0.6 is 0 Å². The molecule has 1 aliphatic heterocycles. The molecule has 0 aliphatic carbocycles. The van der Waals surface area contributed by atoms with E-state index in [9.17, 15) is 14.4 Å². The maximum atomic E-state index is 13.1. The molecule has 0 spiro atoms. The molecule has 1 fully saturated rings. The van der Waals surface area contributed by atoms with Crippen molar-refractivity contribution in [2.45, 2.75) is 90.8 Å². The molecule has 2 rings (SSSR count). The monoisotopic (exact) mass is 538 g/mol. The van der Waals surface area contributed by atoms with Crippen molar-refractivity contribution in [1.29, 1.82) is 0 Å². The number of nitrogens with zero attached hydrogens (tertiary/aromatic N) is 1. The third-order valence-electron chi connectivity index (χ3n) is 6.13. The predicted octanol–water partition coefficient (Wildman–Crippen LogP) is 3.08. The minimum absolute atomic E-state index is 0.0286. The van der Waals surface area contributed by atoms with Crippen LogP contribution in [0.3, 0.4) is 0 Å². The Balaban J connectivity index is 2.21. The molecular weight excluding hydrogens is 496 g/mol. The quantitative estimate of drug-likeness (QED) is 0.396. The molecule has 1 saturated heterocycles. The van der Waals surface area contributed by atoms with E-state index in [1.807, 2.05) is 6.92 Å². The van der Waals surface area contributed by atoms with Gasteiger partial charge in [-0.25, -0.2) is 9.78 Å². The molecule has 1 unspecified atom stereocenters. The first-order valence-corrected chi connectivity index (χ1v) is 13.1. The number of carbonyl (C=O) groups is 3. The number of nitrogens with one attached hydrogen (secondary N) is 1. The number of ether oxygens (including phenoxy) is 6. The number of aromatic nitrogens is 1. The third kappa shape index (κ3) is 9.52. The molecule has 1 aromatic heterocycles. The van der Waals surface area contributed by atoms with E-state index in [1.165, 1.54) is 26.3 Å². The summed E-state index contributed by atoms with van der Waals surface area (Å²) < 4.78 is 33.8. The lowest BCUT2D eigenvalue weighted by Crippen LogP contribution is -2.46. The lowest BCUT2D eigenvalue weighted by atomic mass is 10.0. The van der Waals surface area contributed by atoms with E-state index in [0.717, 1.165) is 0 Å². The first-order valence-electron chi connectivity index (χ1n) is 13.1. The largest absolute Gasteiger partial charge is 0.493 e. The zero-order valence-electron chi connectivity index (χ0n) is 23.5. The molecule has 214 valence electrons. The molecule has 1 aliphatic rings. The highest BCUT2D eigenvalue weighted by atomic mass is 16.6. The smallest absolute Gasteiger partial charge is 0.329 e. The summed E-state index contributed by atoms with van der Waals surface area (Å²) >= 11 is 0. The van der Waals surface area contributed by atoms with E-state index in [-0.39, 0.29) is 29.4 Å². The molecule has 2 heterocycles. The lowest BCUT2D eigenvalue weighted by Gasteiger charge is -2.31. The van der Waals surface area contributed by atoms with Gasteiger partial charge in [-0.1, -0.05) is 13.8 Å². The van der Waals surface area contributed by atoms with Gasteiger partial charge in [0.1, 0.15) is 18.2 Å². The Bertz CT molecular complexity index is 924. The molecule has 38 heavy (non-hydrogen) atoms. The van der Waals surface area contributed by atoms with E-state index in [4.69, 9.17) is 28.4 Å². The highest BCUT2D eigenvalue weighted by Gasteiger charge is 2.36. The van der Waals surface area contributed by atoms with E-state index in [1.54, 1.807) is 14.0 Å². The molecule has 0 saturated carbocycles. The number of esters is 2. The first-order chi connectivity index (χ1) is 18.1. The standard InChI is InChI=1S/C27H42N2O9/c1-16(2)15-36-22-10-8-9-20(27(32)37-18(4)24(22)35-14-12-17(3)33-6)29-26(31)23-25(38-19(5)30)21(34-7)11-13-28-23/h11,13,16-18,20,22,24H,8-10,12,14-15H2,1-7H3,(H,29,31)/t17?,18-,20-,22-,24-/m0/s1. The van der Waals surface area contributed by atoms with Gasteiger partial charge in [0.2, 0.25) is 5.75 Å². The summed E-state index contributed by atoms with van der Waals surface area (Å²) in [6.07, 6.45) is 2.18. The predicted molar refractivity (Wildman–Crippen MR) is 138 cm³/mol. The van der Waals surface area contributed by atoms with E-state index < -0.39 is 36.1 Å². The van der Waals surface area contributed by atoms with Crippen molar-refractivity contribution in [3.8, 4) is 11.5 Å². The number of methoxy groups -OCH3 is 2. The molecule has 5 atom stereocenters. The lowest BCUT2D eigenvalue weighted by molar-refractivity contribution is -0.169. The second-order valence-electron chi connectivity index (χ2n) is 9.82. The Hall–Kier alpha value is -2.76. The van der Waals surface area contributed by atoms with E-state index >= 15 is 0 Å². The fourth-order valence-corrected chi connectivity index (χ4v) is 4.02. The van der Waals surface area contributed by atoms with Crippen molar-refractivity contribution in [2.24, 2.45) is 5.92 Å². The zero-order chi connectivity index (χ0) is 28.2. The van der Waals surface area contributed by atoms with Crippen molar-refractivity contribution in [3.63, 3.8) is 0 Å². The van der Waals surface area contributed by atoms with Crippen molar-refractivity contribution in [1.82, 2.24) is 10.3 Å². The second kappa shape index (κ2) is 15.6. The number of cyclic esters (lactones) is 1. The van der Waals surface area contributed by atoms with Crippen molar-refractivity contribution < 1.29 is 42.8 Å². The summed E-state index contributed by atoms with van der Waals surface area (Å²) in [4.78, 5) is 41.9. The molecule has 1 aromatic rings. The summed E-state index contributed by atoms with van der Waals surface area (Å²) in [7, 11) is 3.03. The van der Waals surface area contributed by atoms with Crippen LogP contribution in [0.2, 0.25) is 0 Å². The van der Waals surface area contributed by atoms with Crippen LogP contribution in [0.15, 0.2) is 12.3 Å². The number of rotatable bonds is 12. The van der Waals surface area contributed by atoms with Gasteiger partial charge in [0.25, 0.3) is 5.91 Å². The average molecular weight is 539 g/mol. The van der Waals surface area contributed by atoms with Gasteiger partial charge in [-0.05, 0) is 45.4 Å². The molecule has 1 amide bonds. The van der Waals surface area contributed by atoms with Crippen molar-refractivity contribution in [2.75, 3.05) is 27.4 Å². The van der Waals surface area contributed by atoms with Crippen LogP contribution in [0.4, 0.5) is 0 Å². The number of amides is 1. The van der Waals surface area contributed by atoms with Crippen molar-refractivity contribution in [3.05, 3.63) is 18.0 Å². The Morgan fingerprint density at radius 1 is 1.18 bits per heavy atom. The summed E-state index contributed by atoms with van der Waals surface area (Å²) in [5.41, 5.74) is -0.174. The SMILES string of the molecule is COc1ccnc(C(=O)N[C@H]2CCC[C@H](OCC(C)C)[C@@H](OCCC(C)OC)[C@H](C)OC2=O)c1OC(C)=O. The minimum atomic E-state index is -0.943. The van der Waals surface area contributed by atoms with Gasteiger partial charge < -0.3 is 33.7 Å². The van der Waals surface area contributed by atoms with Gasteiger partial charge in [0.05, 0.1) is 19.3 Å². The van der Waals surface area contributed by atoms with Gasteiger partial charge >= 0.3 is 11.9 Å². The van der Waals surface area contributed by atoms with Gasteiger partial charge in [0.15, 0.2) is 11.4 Å². The highest BCUT2D eigenvalue weighted by molar-refractivity contribution is 5.98. The van der Waals surface area contributed by atoms with Crippen LogP contribution < -0.4 is 14.8 Å². The van der Waals surface area contributed by atoms with Gasteiger partial charge in [-0.2, -0.15) is 0 Å². The van der Waals surface area contributed by atoms with Crippen LogP contribution in [0, 0.1) is 5.92 Å². The molecule has 11 heteroatoms. The first kappa shape index (κ1) is 31.5. The maximum absolute atomic E-state index is 13.1. The Morgan fingerprint density at radius 2 is 1.92 bits per heavy atom. The zero-order valence-corrected chi connectivity index (χ0v) is 23.5. The molecule has 1 N–H and O–H groups in total. The molecule has 0 radical (unpaired) electrons. The Morgan fingerprint density at radius 3 is 2.55 bits per heavy atom. The van der Waals surface area contributed by atoms with Crippen LogP contribution in [-0.2, 0) is 28.5 Å². The Kier molecular flexibility index (Phi) is 12.9.